The first-order chi connectivity index (χ1) is 6.00. The zero-order valence-corrected chi connectivity index (χ0v) is 9.51. The molecule has 0 aromatic rings. The van der Waals surface area contributed by atoms with Gasteiger partial charge in [-0.25, -0.2) is 0 Å². The van der Waals surface area contributed by atoms with E-state index < -0.39 is 13.1 Å². The second-order valence-corrected chi connectivity index (χ2v) is 7.14. The predicted octanol–water partition coefficient (Wildman–Crippen LogP) is 2.64. The van der Waals surface area contributed by atoms with Crippen LogP contribution in [0.1, 0.15) is 33.6 Å². The van der Waals surface area contributed by atoms with Crippen molar-refractivity contribution in [3.05, 3.63) is 0 Å². The first-order valence-electron chi connectivity index (χ1n) is 4.79. The van der Waals surface area contributed by atoms with Crippen LogP contribution in [0.25, 0.3) is 0 Å². The van der Waals surface area contributed by atoms with Gasteiger partial charge in [-0.05, 0) is 18.7 Å². The standard InChI is InChI=1S/C9H19O3P/c1-4-8(7-9(10)11)13(12,5-2)6-3/h8H,4-7H2,1-3H3,(H,10,11). The Morgan fingerprint density at radius 2 is 1.77 bits per heavy atom. The average Bonchev–Trinajstić information content (AvgIpc) is 2.12. The molecular formula is C9H19O3P. The lowest BCUT2D eigenvalue weighted by molar-refractivity contribution is -0.137. The van der Waals surface area contributed by atoms with Crippen LogP contribution >= 0.6 is 7.14 Å². The maximum atomic E-state index is 12.2. The van der Waals surface area contributed by atoms with Crippen molar-refractivity contribution in [3.63, 3.8) is 0 Å². The monoisotopic (exact) mass is 206 g/mol. The first-order valence-corrected chi connectivity index (χ1v) is 6.94. The summed E-state index contributed by atoms with van der Waals surface area (Å²) in [6, 6.07) is 0. The van der Waals surface area contributed by atoms with E-state index in [1.54, 1.807) is 0 Å². The van der Waals surface area contributed by atoms with Gasteiger partial charge in [0.15, 0.2) is 0 Å². The zero-order chi connectivity index (χ0) is 10.5. The van der Waals surface area contributed by atoms with Crippen LogP contribution in [-0.4, -0.2) is 29.1 Å². The molecule has 0 radical (unpaired) electrons. The number of carboxylic acids is 1. The topological polar surface area (TPSA) is 54.4 Å². The molecule has 0 aromatic heterocycles. The fourth-order valence-electron chi connectivity index (χ4n) is 1.59. The summed E-state index contributed by atoms with van der Waals surface area (Å²) in [6.45, 7) is 5.68. The Bertz CT molecular complexity index is 205. The van der Waals surface area contributed by atoms with Gasteiger partial charge in [0.25, 0.3) is 0 Å². The van der Waals surface area contributed by atoms with Crippen molar-refractivity contribution in [1.29, 1.82) is 0 Å². The highest BCUT2D eigenvalue weighted by Gasteiger charge is 2.29. The van der Waals surface area contributed by atoms with Gasteiger partial charge >= 0.3 is 5.97 Å². The second-order valence-electron chi connectivity index (χ2n) is 3.24. The van der Waals surface area contributed by atoms with E-state index in [0.717, 1.165) is 0 Å². The Kier molecular flexibility index (Phi) is 5.31. The first kappa shape index (κ1) is 12.7. The van der Waals surface area contributed by atoms with E-state index in [0.29, 0.717) is 18.7 Å². The molecule has 0 aliphatic heterocycles. The molecule has 78 valence electrons. The van der Waals surface area contributed by atoms with E-state index in [2.05, 4.69) is 0 Å². The molecule has 4 heteroatoms. The minimum absolute atomic E-state index is 0.0510. The summed E-state index contributed by atoms with van der Waals surface area (Å²) in [4.78, 5) is 10.5. The SMILES string of the molecule is CCC(CC(=O)O)P(=O)(CC)CC. The molecule has 0 saturated carbocycles. The van der Waals surface area contributed by atoms with Crippen molar-refractivity contribution in [2.45, 2.75) is 39.3 Å². The van der Waals surface area contributed by atoms with E-state index in [9.17, 15) is 9.36 Å². The van der Waals surface area contributed by atoms with Crippen molar-refractivity contribution < 1.29 is 14.5 Å². The molecule has 1 atom stereocenters. The van der Waals surface area contributed by atoms with Crippen molar-refractivity contribution >= 4 is 13.1 Å². The van der Waals surface area contributed by atoms with Crippen LogP contribution in [0.15, 0.2) is 0 Å². The van der Waals surface area contributed by atoms with Crippen molar-refractivity contribution in [2.24, 2.45) is 0 Å². The zero-order valence-electron chi connectivity index (χ0n) is 8.62. The molecule has 0 aromatic carbocycles. The highest BCUT2D eigenvalue weighted by Crippen LogP contribution is 2.52. The lowest BCUT2D eigenvalue weighted by Gasteiger charge is -2.23. The number of hydrogen-bond acceptors (Lipinski definition) is 2. The molecule has 0 heterocycles. The van der Waals surface area contributed by atoms with E-state index in [1.165, 1.54) is 0 Å². The fourth-order valence-corrected chi connectivity index (χ4v) is 4.22. The molecule has 0 spiro atoms. The smallest absolute Gasteiger partial charge is 0.304 e. The maximum Gasteiger partial charge on any atom is 0.304 e. The van der Waals surface area contributed by atoms with Crippen molar-refractivity contribution in [2.75, 3.05) is 12.3 Å². The van der Waals surface area contributed by atoms with Crippen LogP contribution < -0.4 is 0 Å². The average molecular weight is 206 g/mol. The summed E-state index contributed by atoms with van der Waals surface area (Å²) >= 11 is 0. The maximum absolute atomic E-state index is 12.2. The van der Waals surface area contributed by atoms with Gasteiger partial charge in [-0.15, -0.1) is 0 Å². The third kappa shape index (κ3) is 3.51. The molecule has 0 amide bonds. The Morgan fingerprint density at radius 1 is 1.31 bits per heavy atom. The Labute approximate surface area is 79.9 Å². The summed E-state index contributed by atoms with van der Waals surface area (Å²) in [5.74, 6) is -0.839. The van der Waals surface area contributed by atoms with Crippen molar-refractivity contribution in [3.8, 4) is 0 Å². The number of rotatable bonds is 6. The summed E-state index contributed by atoms with van der Waals surface area (Å²) in [7, 11) is -2.23. The minimum atomic E-state index is -2.23. The molecule has 3 nitrogen and oxygen atoms in total. The van der Waals surface area contributed by atoms with E-state index in [4.69, 9.17) is 5.11 Å². The summed E-state index contributed by atoms with van der Waals surface area (Å²) < 4.78 is 12.2. The van der Waals surface area contributed by atoms with E-state index >= 15 is 0 Å². The Hall–Kier alpha value is -0.300. The minimum Gasteiger partial charge on any atom is -0.481 e. The number of carboxylic acid groups (broad SMARTS) is 1. The summed E-state index contributed by atoms with van der Waals surface area (Å²) in [6.07, 6.45) is 1.99. The fraction of sp³-hybridized carbons (Fsp3) is 0.889. The van der Waals surface area contributed by atoms with Gasteiger partial charge in [0, 0.05) is 5.66 Å². The van der Waals surface area contributed by atoms with Crippen LogP contribution in [0, 0.1) is 0 Å². The molecule has 0 bridgehead atoms. The molecule has 0 saturated heterocycles. The molecule has 0 aliphatic carbocycles. The number of carbonyl (C=O) groups is 1. The Morgan fingerprint density at radius 3 is 2.00 bits per heavy atom. The normalized spacial score (nSPS) is 14.1. The van der Waals surface area contributed by atoms with Crippen LogP contribution in [0.2, 0.25) is 0 Å². The third-order valence-corrected chi connectivity index (χ3v) is 6.64. The largest absolute Gasteiger partial charge is 0.481 e. The van der Waals surface area contributed by atoms with Gasteiger partial charge in [0.05, 0.1) is 13.6 Å². The quantitative estimate of drug-likeness (QED) is 0.679. The van der Waals surface area contributed by atoms with Gasteiger partial charge < -0.3 is 9.67 Å². The molecule has 1 unspecified atom stereocenters. The van der Waals surface area contributed by atoms with Gasteiger partial charge in [-0.2, -0.15) is 0 Å². The third-order valence-electron chi connectivity index (χ3n) is 2.62. The molecule has 0 rings (SSSR count). The molecule has 13 heavy (non-hydrogen) atoms. The second kappa shape index (κ2) is 5.43. The predicted molar refractivity (Wildman–Crippen MR) is 55.0 cm³/mol. The van der Waals surface area contributed by atoms with Crippen LogP contribution in [0.5, 0.6) is 0 Å². The van der Waals surface area contributed by atoms with Gasteiger partial charge in [-0.3, -0.25) is 4.79 Å². The van der Waals surface area contributed by atoms with Gasteiger partial charge in [-0.1, -0.05) is 20.8 Å². The molecule has 0 aliphatic rings. The Balaban J connectivity index is 4.53. The molecule has 1 N–H and O–H groups in total. The van der Waals surface area contributed by atoms with E-state index in [1.807, 2.05) is 20.8 Å². The molecule has 0 fully saturated rings. The summed E-state index contributed by atoms with van der Waals surface area (Å²) in [5, 5.41) is 8.65. The molecular weight excluding hydrogens is 187 g/mol. The lowest BCUT2D eigenvalue weighted by atomic mass is 10.2. The number of hydrogen-bond donors (Lipinski definition) is 1. The highest BCUT2D eigenvalue weighted by molar-refractivity contribution is 7.64. The summed E-state index contributed by atoms with van der Waals surface area (Å²) in [5.41, 5.74) is -0.125. The van der Waals surface area contributed by atoms with Gasteiger partial charge in [0.2, 0.25) is 0 Å². The number of aliphatic carboxylic acids is 1. The van der Waals surface area contributed by atoms with Crippen LogP contribution in [0.4, 0.5) is 0 Å². The lowest BCUT2D eigenvalue weighted by Crippen LogP contribution is -2.15. The van der Waals surface area contributed by atoms with Gasteiger partial charge in [0.1, 0.15) is 0 Å². The van der Waals surface area contributed by atoms with E-state index in [-0.39, 0.29) is 12.1 Å². The van der Waals surface area contributed by atoms with Crippen molar-refractivity contribution in [1.82, 2.24) is 0 Å². The highest BCUT2D eigenvalue weighted by atomic mass is 31.2. The van der Waals surface area contributed by atoms with Crippen LogP contribution in [0.3, 0.4) is 0 Å². The van der Waals surface area contributed by atoms with Crippen LogP contribution in [-0.2, 0) is 9.36 Å².